The number of ether oxygens (including phenoxy) is 1. The fourth-order valence-electron chi connectivity index (χ4n) is 1.58. The van der Waals surface area contributed by atoms with E-state index in [0.29, 0.717) is 18.8 Å². The van der Waals surface area contributed by atoms with Crippen LogP contribution in [-0.2, 0) is 4.84 Å². The lowest BCUT2D eigenvalue weighted by Crippen LogP contribution is -2.04. The number of nitro groups is 1. The molecular weight excluding hydrogens is 272 g/mol. The SMILES string of the molecule is O=[N+]([O-])c1cccc(/C=N\OCCOc2ccccc2)c1. The van der Waals surface area contributed by atoms with E-state index in [4.69, 9.17) is 9.57 Å². The van der Waals surface area contributed by atoms with Gasteiger partial charge in [0.15, 0.2) is 6.61 Å². The molecule has 21 heavy (non-hydrogen) atoms. The monoisotopic (exact) mass is 286 g/mol. The number of benzene rings is 2. The molecule has 0 saturated carbocycles. The van der Waals surface area contributed by atoms with E-state index in [9.17, 15) is 10.1 Å². The molecule has 0 radical (unpaired) electrons. The summed E-state index contributed by atoms with van der Waals surface area (Å²) in [6.07, 6.45) is 1.43. The molecule has 0 saturated heterocycles. The fourth-order valence-corrected chi connectivity index (χ4v) is 1.58. The Bertz CT molecular complexity index is 614. The number of nitrogens with zero attached hydrogens (tertiary/aromatic N) is 2. The maximum Gasteiger partial charge on any atom is 0.270 e. The van der Waals surface area contributed by atoms with Crippen LogP contribution in [0.15, 0.2) is 59.8 Å². The van der Waals surface area contributed by atoms with Gasteiger partial charge >= 0.3 is 0 Å². The van der Waals surface area contributed by atoms with Gasteiger partial charge in [0.1, 0.15) is 12.4 Å². The number of hydrogen-bond acceptors (Lipinski definition) is 5. The molecule has 6 nitrogen and oxygen atoms in total. The lowest BCUT2D eigenvalue weighted by Gasteiger charge is -2.04. The number of oxime groups is 1. The van der Waals surface area contributed by atoms with Crippen LogP contribution >= 0.6 is 0 Å². The first-order valence-electron chi connectivity index (χ1n) is 6.33. The predicted molar refractivity (Wildman–Crippen MR) is 78.6 cm³/mol. The normalized spacial score (nSPS) is 10.5. The zero-order valence-electron chi connectivity index (χ0n) is 11.2. The van der Waals surface area contributed by atoms with Crippen molar-refractivity contribution in [2.45, 2.75) is 0 Å². The topological polar surface area (TPSA) is 74.0 Å². The van der Waals surface area contributed by atoms with E-state index in [-0.39, 0.29) is 5.69 Å². The minimum absolute atomic E-state index is 0.0198. The highest BCUT2D eigenvalue weighted by molar-refractivity contribution is 5.80. The molecule has 0 amide bonds. The van der Waals surface area contributed by atoms with Crippen LogP contribution in [0, 0.1) is 10.1 Å². The zero-order chi connectivity index (χ0) is 14.9. The van der Waals surface area contributed by atoms with Crippen molar-refractivity contribution in [2.75, 3.05) is 13.2 Å². The molecule has 6 heteroatoms. The summed E-state index contributed by atoms with van der Waals surface area (Å²) < 4.78 is 5.42. The smallest absolute Gasteiger partial charge is 0.270 e. The highest BCUT2D eigenvalue weighted by atomic mass is 16.6. The number of rotatable bonds is 7. The molecule has 0 fully saturated rings. The molecular formula is C15H14N2O4. The minimum atomic E-state index is -0.452. The van der Waals surface area contributed by atoms with Crippen LogP contribution in [0.5, 0.6) is 5.75 Å². The molecule has 0 heterocycles. The van der Waals surface area contributed by atoms with Crippen LogP contribution in [-0.4, -0.2) is 24.4 Å². The maximum absolute atomic E-state index is 10.6. The van der Waals surface area contributed by atoms with Crippen molar-refractivity contribution in [1.29, 1.82) is 0 Å². The van der Waals surface area contributed by atoms with Crippen molar-refractivity contribution in [3.8, 4) is 5.75 Å². The molecule has 0 aliphatic rings. The van der Waals surface area contributed by atoms with Gasteiger partial charge in [-0.1, -0.05) is 35.5 Å². The summed E-state index contributed by atoms with van der Waals surface area (Å²) >= 11 is 0. The minimum Gasteiger partial charge on any atom is -0.490 e. The Morgan fingerprint density at radius 1 is 1.10 bits per heavy atom. The average Bonchev–Trinajstić information content (AvgIpc) is 2.52. The highest BCUT2D eigenvalue weighted by Gasteiger charge is 2.03. The van der Waals surface area contributed by atoms with Crippen molar-refractivity contribution < 1.29 is 14.5 Å². The molecule has 0 aromatic heterocycles. The first-order chi connectivity index (χ1) is 10.3. The van der Waals surface area contributed by atoms with E-state index in [1.165, 1.54) is 18.3 Å². The Morgan fingerprint density at radius 2 is 1.90 bits per heavy atom. The molecule has 2 aromatic rings. The van der Waals surface area contributed by atoms with Gasteiger partial charge in [-0.3, -0.25) is 10.1 Å². The molecule has 108 valence electrons. The Labute approximate surface area is 121 Å². The number of nitro benzene ring substituents is 1. The van der Waals surface area contributed by atoms with Crippen molar-refractivity contribution in [3.05, 3.63) is 70.3 Å². The number of para-hydroxylation sites is 1. The van der Waals surface area contributed by atoms with E-state index in [2.05, 4.69) is 5.16 Å². The third-order valence-corrected chi connectivity index (χ3v) is 2.54. The molecule has 0 bridgehead atoms. The first-order valence-corrected chi connectivity index (χ1v) is 6.33. The quantitative estimate of drug-likeness (QED) is 0.339. The summed E-state index contributed by atoms with van der Waals surface area (Å²) in [5.74, 6) is 0.767. The lowest BCUT2D eigenvalue weighted by molar-refractivity contribution is -0.384. The second kappa shape index (κ2) is 7.64. The van der Waals surface area contributed by atoms with E-state index < -0.39 is 4.92 Å². The summed E-state index contributed by atoms with van der Waals surface area (Å²) in [4.78, 5) is 15.2. The third kappa shape index (κ3) is 4.94. The average molecular weight is 286 g/mol. The first kappa shape index (κ1) is 14.5. The summed E-state index contributed by atoms with van der Waals surface area (Å²) in [7, 11) is 0. The van der Waals surface area contributed by atoms with E-state index in [0.717, 1.165) is 5.75 Å². The van der Waals surface area contributed by atoms with E-state index >= 15 is 0 Å². The molecule has 0 aliphatic heterocycles. The predicted octanol–water partition coefficient (Wildman–Crippen LogP) is 3.02. The van der Waals surface area contributed by atoms with Crippen molar-refractivity contribution in [2.24, 2.45) is 5.16 Å². The third-order valence-electron chi connectivity index (χ3n) is 2.54. The van der Waals surface area contributed by atoms with Gasteiger partial charge in [0.05, 0.1) is 11.1 Å². The van der Waals surface area contributed by atoms with Crippen molar-refractivity contribution >= 4 is 11.9 Å². The highest BCUT2D eigenvalue weighted by Crippen LogP contribution is 2.11. The van der Waals surface area contributed by atoms with Gasteiger partial charge in [0, 0.05) is 17.7 Å². The van der Waals surface area contributed by atoms with Gasteiger partial charge in [0.25, 0.3) is 5.69 Å². The molecule has 2 rings (SSSR count). The standard InChI is InChI=1S/C15H14N2O4/c18-17(19)14-6-4-5-13(11-14)12-16-21-10-9-20-15-7-2-1-3-8-15/h1-8,11-12H,9-10H2/b16-12-. The van der Waals surface area contributed by atoms with Crippen molar-refractivity contribution in [3.63, 3.8) is 0 Å². The van der Waals surface area contributed by atoms with Crippen LogP contribution < -0.4 is 4.74 Å². The second-order valence-corrected chi connectivity index (χ2v) is 4.08. The number of non-ortho nitro benzene ring substituents is 1. The van der Waals surface area contributed by atoms with Crippen LogP contribution in [0.1, 0.15) is 5.56 Å². The Hall–Kier alpha value is -2.89. The summed E-state index contributed by atoms with van der Waals surface area (Å²) in [5.41, 5.74) is 0.625. The van der Waals surface area contributed by atoms with Gasteiger partial charge in [-0.15, -0.1) is 0 Å². The van der Waals surface area contributed by atoms with Gasteiger partial charge in [-0.05, 0) is 12.1 Å². The van der Waals surface area contributed by atoms with Crippen LogP contribution in [0.3, 0.4) is 0 Å². The van der Waals surface area contributed by atoms with E-state index in [1.54, 1.807) is 12.1 Å². The molecule has 0 N–H and O–H groups in total. The Balaban J connectivity index is 1.73. The van der Waals surface area contributed by atoms with Gasteiger partial charge in [-0.25, -0.2) is 0 Å². The number of hydrogen-bond donors (Lipinski definition) is 0. The summed E-state index contributed by atoms with van der Waals surface area (Å²) in [5, 5.41) is 14.4. The van der Waals surface area contributed by atoms with Crippen LogP contribution in [0.25, 0.3) is 0 Å². The zero-order valence-corrected chi connectivity index (χ0v) is 11.2. The summed E-state index contributed by atoms with van der Waals surface area (Å²) in [6.45, 7) is 0.663. The summed E-state index contributed by atoms with van der Waals surface area (Å²) in [6, 6.07) is 15.5. The fraction of sp³-hybridized carbons (Fsp3) is 0.133. The lowest BCUT2D eigenvalue weighted by atomic mass is 10.2. The van der Waals surface area contributed by atoms with Gasteiger partial charge < -0.3 is 9.57 Å². The molecule has 0 spiro atoms. The second-order valence-electron chi connectivity index (χ2n) is 4.08. The van der Waals surface area contributed by atoms with E-state index in [1.807, 2.05) is 30.3 Å². The molecule has 2 aromatic carbocycles. The molecule has 0 unspecified atom stereocenters. The van der Waals surface area contributed by atoms with Crippen LogP contribution in [0.4, 0.5) is 5.69 Å². The molecule has 0 atom stereocenters. The van der Waals surface area contributed by atoms with Crippen molar-refractivity contribution in [1.82, 2.24) is 0 Å². The largest absolute Gasteiger partial charge is 0.490 e. The molecule has 0 aliphatic carbocycles. The Morgan fingerprint density at radius 3 is 2.67 bits per heavy atom. The van der Waals surface area contributed by atoms with Gasteiger partial charge in [-0.2, -0.15) is 0 Å². The maximum atomic E-state index is 10.6. The van der Waals surface area contributed by atoms with Gasteiger partial charge in [0.2, 0.25) is 0 Å². The van der Waals surface area contributed by atoms with Crippen LogP contribution in [0.2, 0.25) is 0 Å². The Kier molecular flexibility index (Phi) is 5.28.